The molecule has 0 aliphatic rings. The van der Waals surface area contributed by atoms with Crippen molar-refractivity contribution >= 4 is 27.8 Å². The van der Waals surface area contributed by atoms with Crippen LogP contribution in [0.1, 0.15) is 16.1 Å². The molecule has 0 radical (unpaired) electrons. The molecule has 4 nitrogen and oxygen atoms in total. The van der Waals surface area contributed by atoms with Gasteiger partial charge in [0.25, 0.3) is 5.91 Å². The average molecular weight is 292 g/mol. The molecule has 0 spiro atoms. The van der Waals surface area contributed by atoms with Gasteiger partial charge in [-0.2, -0.15) is 0 Å². The van der Waals surface area contributed by atoms with Gasteiger partial charge < -0.3 is 0 Å². The zero-order chi connectivity index (χ0) is 12.3. The van der Waals surface area contributed by atoms with Gasteiger partial charge in [0.1, 0.15) is 0 Å². The minimum absolute atomic E-state index is 0.219. The van der Waals surface area contributed by atoms with Gasteiger partial charge in [0.05, 0.1) is 0 Å². The third kappa shape index (κ3) is 3.10. The minimum atomic E-state index is -0.219. The van der Waals surface area contributed by atoms with Crippen LogP contribution in [0.4, 0.5) is 5.95 Å². The number of benzene rings is 1. The number of carbonyl (C=O) groups is 1. The Bertz CT molecular complexity index is 540. The van der Waals surface area contributed by atoms with E-state index >= 15 is 0 Å². The zero-order valence-corrected chi connectivity index (χ0v) is 10.7. The molecule has 5 heteroatoms. The summed E-state index contributed by atoms with van der Waals surface area (Å²) in [6, 6.07) is 8.86. The lowest BCUT2D eigenvalue weighted by Crippen LogP contribution is -2.14. The van der Waals surface area contributed by atoms with Crippen LogP contribution in [-0.4, -0.2) is 15.9 Å². The summed E-state index contributed by atoms with van der Waals surface area (Å²) in [5.41, 5.74) is 1.38. The molecule has 0 saturated carbocycles. The van der Waals surface area contributed by atoms with Gasteiger partial charge in [-0.1, -0.05) is 15.9 Å². The molecule has 0 aliphatic carbocycles. The summed E-state index contributed by atoms with van der Waals surface area (Å²) in [7, 11) is 0. The Kier molecular flexibility index (Phi) is 3.49. The first kappa shape index (κ1) is 11.7. The van der Waals surface area contributed by atoms with Crippen molar-refractivity contribution in [2.45, 2.75) is 6.92 Å². The quantitative estimate of drug-likeness (QED) is 0.926. The van der Waals surface area contributed by atoms with Crippen molar-refractivity contribution in [2.24, 2.45) is 0 Å². The number of nitrogens with zero attached hydrogens (tertiary/aromatic N) is 2. The van der Waals surface area contributed by atoms with E-state index < -0.39 is 0 Å². The van der Waals surface area contributed by atoms with Crippen LogP contribution in [0, 0.1) is 6.92 Å². The number of hydrogen-bond acceptors (Lipinski definition) is 3. The van der Waals surface area contributed by atoms with Crippen LogP contribution in [0.5, 0.6) is 0 Å². The largest absolute Gasteiger partial charge is 0.290 e. The fraction of sp³-hybridized carbons (Fsp3) is 0.0833. The normalized spacial score (nSPS) is 10.0. The van der Waals surface area contributed by atoms with Gasteiger partial charge in [-0.05, 0) is 37.3 Å². The van der Waals surface area contributed by atoms with Crippen LogP contribution in [0.2, 0.25) is 0 Å². The molecule has 1 aromatic heterocycles. The highest BCUT2D eigenvalue weighted by atomic mass is 79.9. The maximum absolute atomic E-state index is 11.8. The second-order valence-corrected chi connectivity index (χ2v) is 4.40. The maximum atomic E-state index is 11.8. The van der Waals surface area contributed by atoms with Crippen molar-refractivity contribution in [2.75, 3.05) is 5.32 Å². The van der Waals surface area contributed by atoms with Gasteiger partial charge in [0, 0.05) is 21.9 Å². The summed E-state index contributed by atoms with van der Waals surface area (Å²) in [6.45, 7) is 1.84. The fourth-order valence-electron chi connectivity index (χ4n) is 1.28. The number of aromatic nitrogens is 2. The average Bonchev–Trinajstić information content (AvgIpc) is 2.29. The van der Waals surface area contributed by atoms with E-state index in [1.165, 1.54) is 0 Å². The van der Waals surface area contributed by atoms with Crippen molar-refractivity contribution < 1.29 is 4.79 Å². The van der Waals surface area contributed by atoms with Gasteiger partial charge in [-0.3, -0.25) is 10.1 Å². The summed E-state index contributed by atoms with van der Waals surface area (Å²) >= 11 is 3.31. The Morgan fingerprint density at radius 2 is 1.94 bits per heavy atom. The van der Waals surface area contributed by atoms with Crippen molar-refractivity contribution in [3.8, 4) is 0 Å². The van der Waals surface area contributed by atoms with E-state index in [1.54, 1.807) is 24.4 Å². The Labute approximate surface area is 107 Å². The number of rotatable bonds is 2. The van der Waals surface area contributed by atoms with Crippen LogP contribution in [0.3, 0.4) is 0 Å². The topological polar surface area (TPSA) is 54.9 Å². The van der Waals surface area contributed by atoms with Crippen LogP contribution in [0.15, 0.2) is 41.0 Å². The van der Waals surface area contributed by atoms with E-state index in [0.29, 0.717) is 11.5 Å². The second kappa shape index (κ2) is 5.05. The molecule has 0 saturated heterocycles. The first-order chi connectivity index (χ1) is 8.15. The monoisotopic (exact) mass is 291 g/mol. The molecule has 0 aliphatic heterocycles. The van der Waals surface area contributed by atoms with Crippen LogP contribution in [-0.2, 0) is 0 Å². The predicted molar refractivity (Wildman–Crippen MR) is 68.9 cm³/mol. The molecule has 86 valence electrons. The molecule has 1 aromatic carbocycles. The van der Waals surface area contributed by atoms with Crippen molar-refractivity contribution in [1.82, 2.24) is 9.97 Å². The molecule has 2 rings (SSSR count). The minimum Gasteiger partial charge on any atom is -0.290 e. The molecular formula is C12H10BrN3O. The maximum Gasteiger partial charge on any atom is 0.258 e. The van der Waals surface area contributed by atoms with Crippen molar-refractivity contribution in [3.63, 3.8) is 0 Å². The Balaban J connectivity index is 2.14. The number of hydrogen-bond donors (Lipinski definition) is 1. The van der Waals surface area contributed by atoms with E-state index in [-0.39, 0.29) is 5.91 Å². The number of halogens is 1. The first-order valence-corrected chi connectivity index (χ1v) is 5.81. The zero-order valence-electron chi connectivity index (χ0n) is 9.14. The van der Waals surface area contributed by atoms with E-state index in [9.17, 15) is 4.79 Å². The number of carbonyl (C=O) groups excluding carboxylic acids is 1. The Hall–Kier alpha value is -1.75. The van der Waals surface area contributed by atoms with E-state index in [2.05, 4.69) is 31.2 Å². The van der Waals surface area contributed by atoms with E-state index in [1.807, 2.05) is 19.1 Å². The number of amides is 1. The lowest BCUT2D eigenvalue weighted by molar-refractivity contribution is 0.102. The third-order valence-electron chi connectivity index (χ3n) is 2.13. The summed E-state index contributed by atoms with van der Waals surface area (Å²) in [4.78, 5) is 19.9. The molecule has 17 heavy (non-hydrogen) atoms. The molecule has 0 unspecified atom stereocenters. The smallest absolute Gasteiger partial charge is 0.258 e. The molecule has 0 fully saturated rings. The number of nitrogens with one attached hydrogen (secondary N) is 1. The van der Waals surface area contributed by atoms with Gasteiger partial charge in [0.15, 0.2) is 0 Å². The van der Waals surface area contributed by atoms with E-state index in [0.717, 1.165) is 10.2 Å². The third-order valence-corrected chi connectivity index (χ3v) is 2.66. The molecule has 0 bridgehead atoms. The van der Waals surface area contributed by atoms with Crippen LogP contribution >= 0.6 is 15.9 Å². The summed E-state index contributed by atoms with van der Waals surface area (Å²) in [5, 5.41) is 2.64. The highest BCUT2D eigenvalue weighted by Crippen LogP contribution is 2.11. The Morgan fingerprint density at radius 1 is 1.24 bits per heavy atom. The van der Waals surface area contributed by atoms with Gasteiger partial charge >= 0.3 is 0 Å². The molecule has 1 heterocycles. The van der Waals surface area contributed by atoms with E-state index in [4.69, 9.17) is 0 Å². The molecular weight excluding hydrogens is 282 g/mol. The summed E-state index contributed by atoms with van der Waals surface area (Å²) in [6.07, 6.45) is 1.61. The van der Waals surface area contributed by atoms with Crippen molar-refractivity contribution in [1.29, 1.82) is 0 Å². The molecule has 1 N–H and O–H groups in total. The molecule has 0 atom stereocenters. The fourth-order valence-corrected chi connectivity index (χ4v) is 1.55. The first-order valence-electron chi connectivity index (χ1n) is 5.02. The molecule has 2 aromatic rings. The summed E-state index contributed by atoms with van der Waals surface area (Å²) in [5.74, 6) is 0.0982. The van der Waals surface area contributed by atoms with Crippen LogP contribution in [0.25, 0.3) is 0 Å². The SMILES string of the molecule is Cc1ccnc(NC(=O)c2ccc(Br)cc2)n1. The number of aryl methyl sites for hydroxylation is 1. The lowest BCUT2D eigenvalue weighted by Gasteiger charge is -2.03. The highest BCUT2D eigenvalue weighted by molar-refractivity contribution is 9.10. The van der Waals surface area contributed by atoms with Crippen LogP contribution < -0.4 is 5.32 Å². The lowest BCUT2D eigenvalue weighted by atomic mass is 10.2. The Morgan fingerprint density at radius 3 is 2.59 bits per heavy atom. The standard InChI is InChI=1S/C12H10BrN3O/c1-8-6-7-14-12(15-8)16-11(17)9-2-4-10(13)5-3-9/h2-7H,1H3,(H,14,15,16,17). The van der Waals surface area contributed by atoms with Gasteiger partial charge in [0.2, 0.25) is 5.95 Å². The highest BCUT2D eigenvalue weighted by Gasteiger charge is 2.07. The second-order valence-electron chi connectivity index (χ2n) is 3.48. The van der Waals surface area contributed by atoms with Gasteiger partial charge in [-0.25, -0.2) is 9.97 Å². The summed E-state index contributed by atoms with van der Waals surface area (Å²) < 4.78 is 0.931. The van der Waals surface area contributed by atoms with Crippen molar-refractivity contribution in [3.05, 3.63) is 52.3 Å². The molecule has 1 amide bonds. The predicted octanol–water partition coefficient (Wildman–Crippen LogP) is 2.80. The number of anilines is 1. The van der Waals surface area contributed by atoms with Gasteiger partial charge in [-0.15, -0.1) is 0 Å².